The zero-order valence-corrected chi connectivity index (χ0v) is 19.0. The van der Waals surface area contributed by atoms with Crippen molar-refractivity contribution in [1.29, 1.82) is 0 Å². The maximum absolute atomic E-state index is 12.8. The molecule has 0 aromatic carbocycles. The summed E-state index contributed by atoms with van der Waals surface area (Å²) in [6, 6.07) is 5.60. The molecule has 8 nitrogen and oxygen atoms in total. The maximum atomic E-state index is 12.8. The number of carbonyl (C=O) groups is 2. The van der Waals surface area contributed by atoms with Crippen LogP contribution >= 0.6 is 11.6 Å². The van der Waals surface area contributed by atoms with Gasteiger partial charge in [-0.3, -0.25) is 14.3 Å². The number of aryl methyl sites for hydroxylation is 1. The first-order valence-corrected chi connectivity index (χ1v) is 11.6. The van der Waals surface area contributed by atoms with Gasteiger partial charge in [0.15, 0.2) is 12.1 Å². The second-order valence-electron chi connectivity index (χ2n) is 8.76. The Morgan fingerprint density at radius 2 is 2.06 bits per heavy atom. The van der Waals surface area contributed by atoms with Gasteiger partial charge < -0.3 is 8.80 Å². The van der Waals surface area contributed by atoms with Crippen LogP contribution in [-0.2, 0) is 13.0 Å². The van der Waals surface area contributed by atoms with Gasteiger partial charge in [-0.25, -0.2) is 9.97 Å². The van der Waals surface area contributed by atoms with E-state index in [9.17, 15) is 9.59 Å². The molecule has 1 aliphatic carbocycles. The molecule has 5 heterocycles. The van der Waals surface area contributed by atoms with Gasteiger partial charge in [-0.2, -0.15) is 5.10 Å². The van der Waals surface area contributed by atoms with Crippen molar-refractivity contribution in [3.63, 3.8) is 0 Å². The largest absolute Gasteiger partial charge is 0.306 e. The summed E-state index contributed by atoms with van der Waals surface area (Å²) in [4.78, 5) is 33.4. The van der Waals surface area contributed by atoms with Crippen LogP contribution in [0.4, 0.5) is 0 Å². The Morgan fingerprint density at radius 3 is 2.88 bits per heavy atom. The summed E-state index contributed by atoms with van der Waals surface area (Å²) in [6.07, 6.45) is 14.9. The standard InChI is InChI=1S/C25H21ClN6O2/c26-20-5-6-30-15-27-22(23(30)8-20)3-4-24(34)19-9-28-32(11-19)13-21-12-31-10-17(16-1-2-16)7-18(14-33)25(31)29-21/h5-12,14-16H,1-4,13H2. The van der Waals surface area contributed by atoms with Crippen LogP contribution in [0.2, 0.25) is 5.02 Å². The van der Waals surface area contributed by atoms with Crippen molar-refractivity contribution in [2.75, 3.05) is 0 Å². The normalized spacial score (nSPS) is 13.7. The number of aldehydes is 1. The van der Waals surface area contributed by atoms with Gasteiger partial charge in [0.2, 0.25) is 0 Å². The molecule has 0 spiro atoms. The highest BCUT2D eigenvalue weighted by Crippen LogP contribution is 2.40. The molecule has 170 valence electrons. The van der Waals surface area contributed by atoms with Crippen LogP contribution in [0.3, 0.4) is 0 Å². The minimum absolute atomic E-state index is 0.00162. The Morgan fingerprint density at radius 1 is 1.18 bits per heavy atom. The van der Waals surface area contributed by atoms with Crippen molar-refractivity contribution in [1.82, 2.24) is 28.5 Å². The Labute approximate surface area is 199 Å². The minimum Gasteiger partial charge on any atom is -0.306 e. The number of hydrogen-bond acceptors (Lipinski definition) is 5. The number of halogens is 1. The van der Waals surface area contributed by atoms with Gasteiger partial charge in [0.1, 0.15) is 5.65 Å². The quantitative estimate of drug-likeness (QED) is 0.247. The van der Waals surface area contributed by atoms with Gasteiger partial charge >= 0.3 is 0 Å². The first-order valence-electron chi connectivity index (χ1n) is 11.2. The predicted molar refractivity (Wildman–Crippen MR) is 127 cm³/mol. The lowest BCUT2D eigenvalue weighted by atomic mass is 10.1. The van der Waals surface area contributed by atoms with E-state index >= 15 is 0 Å². The third kappa shape index (κ3) is 3.90. The second-order valence-corrected chi connectivity index (χ2v) is 9.20. The summed E-state index contributed by atoms with van der Waals surface area (Å²) < 4.78 is 5.51. The first kappa shape index (κ1) is 20.8. The molecule has 1 fully saturated rings. The molecule has 1 saturated carbocycles. The van der Waals surface area contributed by atoms with Gasteiger partial charge in [-0.1, -0.05) is 11.6 Å². The summed E-state index contributed by atoms with van der Waals surface area (Å²) in [6.45, 7) is 0.413. The number of hydrogen-bond donors (Lipinski definition) is 0. The van der Waals surface area contributed by atoms with Crippen LogP contribution in [-0.4, -0.2) is 40.6 Å². The lowest BCUT2D eigenvalue weighted by Gasteiger charge is -2.02. The number of aromatic nitrogens is 6. The molecular weight excluding hydrogens is 452 g/mol. The molecule has 1 aliphatic rings. The molecule has 9 heteroatoms. The summed E-state index contributed by atoms with van der Waals surface area (Å²) in [5.74, 6) is 0.549. The number of Topliss-reactive ketones (excluding diaryl/α,β-unsaturated/α-hetero) is 1. The van der Waals surface area contributed by atoms with Gasteiger partial charge in [-0.15, -0.1) is 0 Å². The van der Waals surface area contributed by atoms with E-state index in [2.05, 4.69) is 21.3 Å². The van der Waals surface area contributed by atoms with Crippen molar-refractivity contribution in [3.05, 3.63) is 88.6 Å². The van der Waals surface area contributed by atoms with E-state index in [-0.39, 0.29) is 5.78 Å². The monoisotopic (exact) mass is 472 g/mol. The highest BCUT2D eigenvalue weighted by atomic mass is 35.5. The number of nitrogens with zero attached hydrogens (tertiary/aromatic N) is 6. The first-order chi connectivity index (χ1) is 16.6. The summed E-state index contributed by atoms with van der Waals surface area (Å²) in [5, 5.41) is 4.98. The van der Waals surface area contributed by atoms with Crippen molar-refractivity contribution in [2.45, 2.75) is 38.1 Å². The Kier molecular flexibility index (Phi) is 5.03. The van der Waals surface area contributed by atoms with Crippen LogP contribution < -0.4 is 0 Å². The molecule has 0 saturated heterocycles. The number of fused-ring (bicyclic) bond motifs is 2. The molecular formula is C25H21ClN6O2. The number of rotatable bonds is 8. The highest BCUT2D eigenvalue weighted by Gasteiger charge is 2.25. The van der Waals surface area contributed by atoms with E-state index in [1.807, 2.05) is 33.3 Å². The fourth-order valence-corrected chi connectivity index (χ4v) is 4.51. The third-order valence-electron chi connectivity index (χ3n) is 6.28. The average molecular weight is 473 g/mol. The van der Waals surface area contributed by atoms with E-state index in [1.165, 1.54) is 18.4 Å². The van der Waals surface area contributed by atoms with E-state index < -0.39 is 0 Å². The molecule has 0 amide bonds. The van der Waals surface area contributed by atoms with Gasteiger partial charge in [0.25, 0.3) is 0 Å². The maximum Gasteiger partial charge on any atom is 0.166 e. The summed E-state index contributed by atoms with van der Waals surface area (Å²) >= 11 is 6.10. The van der Waals surface area contributed by atoms with Crippen LogP contribution in [0.25, 0.3) is 11.2 Å². The molecule has 0 aliphatic heterocycles. The number of carbonyl (C=O) groups excluding carboxylic acids is 2. The zero-order chi connectivity index (χ0) is 23.2. The number of ketones is 1. The lowest BCUT2D eigenvalue weighted by molar-refractivity contribution is 0.0982. The molecule has 5 aromatic rings. The second kappa shape index (κ2) is 8.22. The molecule has 0 N–H and O–H groups in total. The molecule has 0 atom stereocenters. The van der Waals surface area contributed by atoms with Crippen molar-refractivity contribution >= 4 is 34.8 Å². The minimum atomic E-state index is 0.00162. The van der Waals surface area contributed by atoms with E-state index in [4.69, 9.17) is 11.6 Å². The Balaban J connectivity index is 1.16. The van der Waals surface area contributed by atoms with Gasteiger partial charge in [-0.05, 0) is 48.9 Å². The topological polar surface area (TPSA) is 86.6 Å². The fourth-order valence-electron chi connectivity index (χ4n) is 4.35. The van der Waals surface area contributed by atoms with Crippen LogP contribution in [0, 0.1) is 0 Å². The van der Waals surface area contributed by atoms with Crippen LogP contribution in [0.1, 0.15) is 62.8 Å². The highest BCUT2D eigenvalue weighted by molar-refractivity contribution is 6.30. The zero-order valence-electron chi connectivity index (χ0n) is 18.3. The Hall–Kier alpha value is -3.78. The lowest BCUT2D eigenvalue weighted by Crippen LogP contribution is -2.02. The van der Waals surface area contributed by atoms with Gasteiger partial charge in [0.05, 0.1) is 47.1 Å². The van der Waals surface area contributed by atoms with E-state index in [0.717, 1.165) is 23.2 Å². The Bertz CT molecular complexity index is 1560. The summed E-state index contributed by atoms with van der Waals surface area (Å²) in [5.41, 5.74) is 5.49. The van der Waals surface area contributed by atoms with E-state index in [0.29, 0.717) is 47.1 Å². The van der Waals surface area contributed by atoms with Crippen molar-refractivity contribution in [2.24, 2.45) is 0 Å². The molecule has 6 rings (SSSR count). The SMILES string of the molecule is O=Cc1cc(C2CC2)cn2cc(Cn3cc(C(=O)CCc4ncn5ccc(Cl)cc45)cn3)nc12. The average Bonchev–Trinajstić information content (AvgIpc) is 3.25. The predicted octanol–water partition coefficient (Wildman–Crippen LogP) is 4.39. The molecule has 0 radical (unpaired) electrons. The fraction of sp³-hybridized carbons (Fsp3) is 0.240. The molecule has 0 bridgehead atoms. The number of pyridine rings is 2. The van der Waals surface area contributed by atoms with Gasteiger partial charge in [0, 0.05) is 36.2 Å². The molecule has 34 heavy (non-hydrogen) atoms. The van der Waals surface area contributed by atoms with Crippen LogP contribution in [0.15, 0.2) is 55.5 Å². The molecule has 0 unspecified atom stereocenters. The van der Waals surface area contributed by atoms with E-state index in [1.54, 1.807) is 29.5 Å². The van der Waals surface area contributed by atoms with Crippen molar-refractivity contribution in [3.8, 4) is 0 Å². The molecule has 5 aromatic heterocycles. The van der Waals surface area contributed by atoms with Crippen LogP contribution in [0.5, 0.6) is 0 Å². The van der Waals surface area contributed by atoms with Crippen molar-refractivity contribution < 1.29 is 9.59 Å². The summed E-state index contributed by atoms with van der Waals surface area (Å²) in [7, 11) is 0. The number of imidazole rings is 2. The third-order valence-corrected chi connectivity index (χ3v) is 6.51. The smallest absolute Gasteiger partial charge is 0.166 e.